The zero-order valence-corrected chi connectivity index (χ0v) is 10.1. The lowest BCUT2D eigenvalue weighted by Crippen LogP contribution is -2.38. The number of nitrogens with one attached hydrogen (secondary N) is 1. The van der Waals surface area contributed by atoms with Crippen LogP contribution in [0.5, 0.6) is 0 Å². The van der Waals surface area contributed by atoms with E-state index in [4.69, 9.17) is 0 Å². The summed E-state index contributed by atoms with van der Waals surface area (Å²) in [5.74, 6) is 0.957. The minimum Gasteiger partial charge on any atom is -0.311 e. The number of hydrogen-bond acceptors (Lipinski definition) is 3. The van der Waals surface area contributed by atoms with Gasteiger partial charge in [0, 0.05) is 29.4 Å². The molecule has 3 heteroatoms. The molecule has 2 saturated heterocycles. The van der Waals surface area contributed by atoms with E-state index >= 15 is 0 Å². The van der Waals surface area contributed by atoms with E-state index in [0.29, 0.717) is 23.8 Å². The standard InChI is InChI=1S/C13H17NOS/c15-13(10-3-4-16-8-10)7-9-5-11-1-2-12(6-9)14-11/h3-4,8-9,11-12,14H,1-2,5-7H2. The molecule has 1 aromatic rings. The van der Waals surface area contributed by atoms with Gasteiger partial charge in [0.2, 0.25) is 0 Å². The van der Waals surface area contributed by atoms with E-state index < -0.39 is 0 Å². The van der Waals surface area contributed by atoms with Crippen molar-refractivity contribution in [1.29, 1.82) is 0 Å². The van der Waals surface area contributed by atoms with E-state index in [2.05, 4.69) is 5.32 Å². The van der Waals surface area contributed by atoms with Crippen molar-refractivity contribution in [2.45, 2.75) is 44.2 Å². The molecule has 0 aliphatic carbocycles. The fourth-order valence-corrected chi connectivity index (χ4v) is 3.81. The molecule has 0 radical (unpaired) electrons. The Morgan fingerprint density at radius 3 is 2.75 bits per heavy atom. The zero-order valence-electron chi connectivity index (χ0n) is 9.32. The Morgan fingerprint density at radius 1 is 1.38 bits per heavy atom. The SMILES string of the molecule is O=C(CC1CC2CCC(C1)N2)c1ccsc1. The monoisotopic (exact) mass is 235 g/mol. The van der Waals surface area contributed by atoms with Crippen LogP contribution < -0.4 is 5.32 Å². The summed E-state index contributed by atoms with van der Waals surface area (Å²) in [6.07, 6.45) is 5.78. The van der Waals surface area contributed by atoms with Gasteiger partial charge >= 0.3 is 0 Å². The van der Waals surface area contributed by atoms with Crippen LogP contribution in [0.15, 0.2) is 16.8 Å². The van der Waals surface area contributed by atoms with E-state index in [1.54, 1.807) is 11.3 Å². The van der Waals surface area contributed by atoms with Gasteiger partial charge in [-0.25, -0.2) is 0 Å². The van der Waals surface area contributed by atoms with Crippen molar-refractivity contribution in [2.75, 3.05) is 0 Å². The third kappa shape index (κ3) is 2.06. The number of ketones is 1. The second-order valence-electron chi connectivity index (χ2n) is 5.11. The van der Waals surface area contributed by atoms with Gasteiger partial charge in [-0.1, -0.05) is 0 Å². The Morgan fingerprint density at radius 2 is 2.12 bits per heavy atom. The van der Waals surface area contributed by atoms with Crippen LogP contribution in [0.2, 0.25) is 0 Å². The normalized spacial score (nSPS) is 32.9. The quantitative estimate of drug-likeness (QED) is 0.816. The van der Waals surface area contributed by atoms with Crippen molar-refractivity contribution < 1.29 is 4.79 Å². The van der Waals surface area contributed by atoms with Crippen molar-refractivity contribution >= 4 is 17.1 Å². The van der Waals surface area contributed by atoms with Gasteiger partial charge in [0.1, 0.15) is 0 Å². The Kier molecular flexibility index (Phi) is 2.82. The molecule has 0 spiro atoms. The van der Waals surface area contributed by atoms with Gasteiger partial charge in [-0.15, -0.1) is 0 Å². The van der Waals surface area contributed by atoms with E-state index in [-0.39, 0.29) is 0 Å². The van der Waals surface area contributed by atoms with Crippen LogP contribution in [0.1, 0.15) is 42.5 Å². The first-order valence-corrected chi connectivity index (χ1v) is 7.07. The highest BCUT2D eigenvalue weighted by Gasteiger charge is 2.34. The summed E-state index contributed by atoms with van der Waals surface area (Å²) in [4.78, 5) is 12.0. The molecular weight excluding hydrogens is 218 g/mol. The maximum atomic E-state index is 12.0. The van der Waals surface area contributed by atoms with Gasteiger partial charge in [-0.05, 0) is 43.0 Å². The molecule has 2 bridgehead atoms. The molecule has 2 aliphatic heterocycles. The lowest BCUT2D eigenvalue weighted by molar-refractivity contribution is 0.0946. The number of piperidine rings is 1. The van der Waals surface area contributed by atoms with Gasteiger partial charge in [-0.3, -0.25) is 4.79 Å². The first kappa shape index (κ1) is 10.5. The predicted molar refractivity (Wildman–Crippen MR) is 65.9 cm³/mol. The summed E-state index contributed by atoms with van der Waals surface area (Å²) in [7, 11) is 0. The molecule has 1 aromatic heterocycles. The first-order valence-electron chi connectivity index (χ1n) is 6.12. The van der Waals surface area contributed by atoms with Gasteiger partial charge in [-0.2, -0.15) is 11.3 Å². The van der Waals surface area contributed by atoms with Crippen molar-refractivity contribution in [3.05, 3.63) is 22.4 Å². The molecule has 2 atom stereocenters. The minimum atomic E-state index is 0.340. The number of fused-ring (bicyclic) bond motifs is 2. The van der Waals surface area contributed by atoms with Crippen molar-refractivity contribution in [2.24, 2.45) is 5.92 Å². The molecule has 2 fully saturated rings. The molecular formula is C13H17NOS. The highest BCUT2D eigenvalue weighted by Crippen LogP contribution is 2.33. The predicted octanol–water partition coefficient (Wildman–Crippen LogP) is 2.85. The molecule has 2 nitrogen and oxygen atoms in total. The number of hydrogen-bond donors (Lipinski definition) is 1. The van der Waals surface area contributed by atoms with Gasteiger partial charge < -0.3 is 5.32 Å². The average molecular weight is 235 g/mol. The van der Waals surface area contributed by atoms with E-state index in [1.165, 1.54) is 25.7 Å². The van der Waals surface area contributed by atoms with E-state index in [0.717, 1.165) is 12.0 Å². The highest BCUT2D eigenvalue weighted by molar-refractivity contribution is 7.08. The Balaban J connectivity index is 1.61. The molecule has 3 heterocycles. The van der Waals surface area contributed by atoms with Gasteiger partial charge in [0.05, 0.1) is 0 Å². The second kappa shape index (κ2) is 4.30. The molecule has 2 unspecified atom stereocenters. The van der Waals surface area contributed by atoms with Crippen LogP contribution in [-0.4, -0.2) is 17.9 Å². The Bertz CT molecular complexity index is 361. The van der Waals surface area contributed by atoms with Crippen LogP contribution >= 0.6 is 11.3 Å². The van der Waals surface area contributed by atoms with Crippen molar-refractivity contribution in [3.63, 3.8) is 0 Å². The smallest absolute Gasteiger partial charge is 0.163 e. The average Bonchev–Trinajstić information content (AvgIpc) is 2.88. The Hall–Kier alpha value is -0.670. The topological polar surface area (TPSA) is 29.1 Å². The highest BCUT2D eigenvalue weighted by atomic mass is 32.1. The summed E-state index contributed by atoms with van der Waals surface area (Å²) in [6, 6.07) is 3.33. The number of rotatable bonds is 3. The lowest BCUT2D eigenvalue weighted by Gasteiger charge is -2.28. The molecule has 2 aliphatic rings. The Labute approximate surface area is 100 Å². The molecule has 1 N–H and O–H groups in total. The summed E-state index contributed by atoms with van der Waals surface area (Å²) >= 11 is 1.61. The van der Waals surface area contributed by atoms with Crippen LogP contribution in [0, 0.1) is 5.92 Å². The summed E-state index contributed by atoms with van der Waals surface area (Å²) in [5.41, 5.74) is 0.913. The molecule has 0 amide bonds. The third-order valence-electron chi connectivity index (χ3n) is 3.89. The fraction of sp³-hybridized carbons (Fsp3) is 0.615. The second-order valence-corrected chi connectivity index (χ2v) is 5.89. The fourth-order valence-electron chi connectivity index (χ4n) is 3.14. The maximum Gasteiger partial charge on any atom is 0.163 e. The molecule has 16 heavy (non-hydrogen) atoms. The van der Waals surface area contributed by atoms with Crippen molar-refractivity contribution in [1.82, 2.24) is 5.32 Å². The maximum absolute atomic E-state index is 12.0. The van der Waals surface area contributed by atoms with Crippen LogP contribution in [-0.2, 0) is 0 Å². The first-order chi connectivity index (χ1) is 7.81. The molecule has 3 rings (SSSR count). The van der Waals surface area contributed by atoms with Crippen LogP contribution in [0.3, 0.4) is 0 Å². The van der Waals surface area contributed by atoms with Crippen LogP contribution in [0.25, 0.3) is 0 Å². The lowest BCUT2D eigenvalue weighted by atomic mass is 9.87. The van der Waals surface area contributed by atoms with Gasteiger partial charge in [0.15, 0.2) is 5.78 Å². The molecule has 86 valence electrons. The number of Topliss-reactive ketones (excluding diaryl/α,β-unsaturated/α-hetero) is 1. The number of carbonyl (C=O) groups excluding carboxylic acids is 1. The summed E-state index contributed by atoms with van der Waals surface area (Å²) < 4.78 is 0. The third-order valence-corrected chi connectivity index (χ3v) is 4.57. The van der Waals surface area contributed by atoms with E-state index in [9.17, 15) is 4.79 Å². The minimum absolute atomic E-state index is 0.340. The summed E-state index contributed by atoms with van der Waals surface area (Å²) in [6.45, 7) is 0. The summed E-state index contributed by atoms with van der Waals surface area (Å²) in [5, 5.41) is 7.57. The number of thiophene rings is 1. The zero-order chi connectivity index (χ0) is 11.0. The number of carbonyl (C=O) groups is 1. The molecule has 0 saturated carbocycles. The van der Waals surface area contributed by atoms with E-state index in [1.807, 2.05) is 16.8 Å². The van der Waals surface area contributed by atoms with Crippen molar-refractivity contribution in [3.8, 4) is 0 Å². The van der Waals surface area contributed by atoms with Gasteiger partial charge in [0.25, 0.3) is 0 Å². The largest absolute Gasteiger partial charge is 0.311 e. The molecule has 0 aromatic carbocycles. The van der Waals surface area contributed by atoms with Crippen LogP contribution in [0.4, 0.5) is 0 Å².